The first-order chi connectivity index (χ1) is 25.2. The molecule has 0 spiro atoms. The third kappa shape index (κ3) is 6.04. The molecule has 2 bridgehead atoms. The molecule has 4 fully saturated rings. The van der Waals surface area contributed by atoms with Gasteiger partial charge in [0.25, 0.3) is 5.91 Å². The summed E-state index contributed by atoms with van der Waals surface area (Å²) in [6, 6.07) is -0.295. The molecule has 304 valence electrons. The number of ether oxygens (including phenoxy) is 2. The molecule has 1 aliphatic heterocycles. The fourth-order valence-electron chi connectivity index (χ4n) is 13.2. The Kier molecular flexibility index (Phi) is 10.9. The van der Waals surface area contributed by atoms with Crippen LogP contribution in [0.5, 0.6) is 0 Å². The smallest absolute Gasteiger partial charge is 0.307 e. The molecule has 1 aromatic heterocycles. The van der Waals surface area contributed by atoms with E-state index in [9.17, 15) is 14.7 Å². The van der Waals surface area contributed by atoms with Gasteiger partial charge in [-0.25, -0.2) is 9.67 Å². The van der Waals surface area contributed by atoms with Crippen LogP contribution in [0, 0.1) is 62.6 Å². The lowest BCUT2D eigenvalue weighted by Gasteiger charge is -2.71. The highest BCUT2D eigenvalue weighted by atomic mass is 16.5. The van der Waals surface area contributed by atoms with Gasteiger partial charge >= 0.3 is 5.97 Å². The molecule has 1 aromatic rings. The van der Waals surface area contributed by atoms with Crippen LogP contribution in [0.15, 0.2) is 18.0 Å². The monoisotopic (exact) mass is 752 g/mol. The van der Waals surface area contributed by atoms with E-state index in [0.29, 0.717) is 43.4 Å². The third-order valence-electron chi connectivity index (χ3n) is 17.0. The van der Waals surface area contributed by atoms with Gasteiger partial charge in [-0.3, -0.25) is 9.59 Å². The summed E-state index contributed by atoms with van der Waals surface area (Å²) in [4.78, 5) is 31.8. The lowest BCUT2D eigenvalue weighted by molar-refractivity contribution is -0.253. The van der Waals surface area contributed by atoms with Crippen molar-refractivity contribution in [1.82, 2.24) is 25.4 Å². The molecule has 5 aliphatic rings. The van der Waals surface area contributed by atoms with E-state index < -0.39 is 17.3 Å². The predicted molar refractivity (Wildman–Crippen MR) is 212 cm³/mol. The van der Waals surface area contributed by atoms with Crippen LogP contribution in [0.3, 0.4) is 0 Å². The molecule has 12 atom stereocenters. The molecule has 1 amide bonds. The van der Waals surface area contributed by atoms with E-state index in [1.165, 1.54) is 11.9 Å². The molecule has 3 saturated carbocycles. The first-order valence-corrected chi connectivity index (χ1v) is 21.2. The highest BCUT2D eigenvalue weighted by Gasteiger charge is 2.72. The number of carboxylic acid groups (broad SMARTS) is 1. The quantitative estimate of drug-likeness (QED) is 0.184. The zero-order chi connectivity index (χ0) is 39.8. The fraction of sp³-hybridized carbons (Fsp3) is 0.864. The van der Waals surface area contributed by atoms with Crippen molar-refractivity contribution in [1.29, 1.82) is 0 Å². The van der Waals surface area contributed by atoms with Crippen molar-refractivity contribution in [2.24, 2.45) is 62.6 Å². The van der Waals surface area contributed by atoms with E-state index in [2.05, 4.69) is 97.9 Å². The standard InChI is InChI=1S/C44H73N5O5/c1-14-46-43(13,27(4)5)23-54-35-32(49-36(45-25-47-49)37(50)48-28(6)7)21-44-24-53-22-40(35,10)33(44)16-15-30-31(44)17-18-42(12)34(38(51)52)39(9,29(8)26(2)3)19-20-41(30,42)11/h17,25-30,32-35,46H,14-16,18-24H2,1-13H3,(H,48,50)(H,51,52)/t29-,30+,32-,33+,34-,35+,39-,40-,41-,42+,43+,44+/m1/s1. The lowest BCUT2D eigenvalue weighted by atomic mass is 9.34. The molecular formula is C44H73N5O5. The Labute approximate surface area is 325 Å². The van der Waals surface area contributed by atoms with Crippen LogP contribution in [0.25, 0.3) is 0 Å². The van der Waals surface area contributed by atoms with Crippen molar-refractivity contribution in [3.8, 4) is 0 Å². The second-order valence-corrected chi connectivity index (χ2v) is 20.6. The van der Waals surface area contributed by atoms with Crippen LogP contribution < -0.4 is 10.6 Å². The van der Waals surface area contributed by atoms with Gasteiger partial charge < -0.3 is 25.2 Å². The Morgan fingerprint density at radius 1 is 1.06 bits per heavy atom. The highest BCUT2D eigenvalue weighted by molar-refractivity contribution is 5.90. The fourth-order valence-corrected chi connectivity index (χ4v) is 13.2. The summed E-state index contributed by atoms with van der Waals surface area (Å²) >= 11 is 0. The largest absolute Gasteiger partial charge is 0.481 e. The number of amides is 1. The van der Waals surface area contributed by atoms with Crippen molar-refractivity contribution in [3.63, 3.8) is 0 Å². The zero-order valence-corrected chi connectivity index (χ0v) is 35.8. The summed E-state index contributed by atoms with van der Waals surface area (Å²) in [5.74, 6) is 0.587. The second-order valence-electron chi connectivity index (χ2n) is 20.6. The van der Waals surface area contributed by atoms with Gasteiger partial charge in [0.15, 0.2) is 0 Å². The molecule has 2 heterocycles. The summed E-state index contributed by atoms with van der Waals surface area (Å²) in [7, 11) is 0. The van der Waals surface area contributed by atoms with Gasteiger partial charge in [0.1, 0.15) is 6.33 Å². The Bertz CT molecular complexity index is 1610. The van der Waals surface area contributed by atoms with Crippen molar-refractivity contribution >= 4 is 11.9 Å². The van der Waals surface area contributed by atoms with E-state index in [4.69, 9.17) is 14.6 Å². The second kappa shape index (κ2) is 14.3. The number of carbonyl (C=O) groups is 2. The van der Waals surface area contributed by atoms with E-state index in [-0.39, 0.29) is 63.1 Å². The zero-order valence-electron chi connectivity index (χ0n) is 35.8. The number of hydrogen-bond acceptors (Lipinski definition) is 7. The van der Waals surface area contributed by atoms with Crippen LogP contribution >= 0.6 is 0 Å². The summed E-state index contributed by atoms with van der Waals surface area (Å²) in [6.07, 6.45) is 9.19. The predicted octanol–water partition coefficient (Wildman–Crippen LogP) is 7.96. The Morgan fingerprint density at radius 2 is 1.76 bits per heavy atom. The van der Waals surface area contributed by atoms with Crippen molar-refractivity contribution in [2.75, 3.05) is 26.4 Å². The Balaban J connectivity index is 1.47. The van der Waals surface area contributed by atoms with Gasteiger partial charge in [-0.05, 0) is 112 Å². The molecule has 54 heavy (non-hydrogen) atoms. The molecule has 6 rings (SSSR count). The molecule has 0 radical (unpaired) electrons. The van der Waals surface area contributed by atoms with Crippen LogP contribution in [-0.4, -0.2) is 75.8 Å². The lowest BCUT2D eigenvalue weighted by Crippen LogP contribution is -2.69. The van der Waals surface area contributed by atoms with Crippen LogP contribution in [0.4, 0.5) is 0 Å². The minimum absolute atomic E-state index is 0.0433. The number of allylic oxidation sites excluding steroid dienone is 1. The highest BCUT2D eigenvalue weighted by Crippen LogP contribution is 2.75. The number of nitrogens with zero attached hydrogens (tertiary/aromatic N) is 3. The molecule has 10 nitrogen and oxygen atoms in total. The van der Waals surface area contributed by atoms with Crippen LogP contribution in [-0.2, 0) is 14.3 Å². The van der Waals surface area contributed by atoms with E-state index in [1.54, 1.807) is 0 Å². The molecule has 0 aromatic carbocycles. The average molecular weight is 752 g/mol. The maximum absolute atomic E-state index is 13.7. The SMILES string of the molecule is CCN[C@@](C)(CO[C@H]1[C@H](n2ncnc2C(=O)NC(C)C)C[C@@]23COC[C@]1(C)[C@@H]2CC[C@H]1C3=CC[C@@]2(C)[C@H](C(=O)O)[C@@](C)([C@H](C)C(C)C)CC[C@]12C)C(C)C. The minimum atomic E-state index is -0.641. The number of aromatic nitrogens is 3. The number of fused-ring (bicyclic) bond motifs is 3. The first-order valence-electron chi connectivity index (χ1n) is 21.2. The van der Waals surface area contributed by atoms with Gasteiger partial charge in [0, 0.05) is 22.4 Å². The van der Waals surface area contributed by atoms with Gasteiger partial charge in [-0.1, -0.05) is 80.9 Å². The number of hydrogen-bond donors (Lipinski definition) is 3. The normalized spacial score (nSPS) is 40.7. The summed E-state index contributed by atoms with van der Waals surface area (Å²) in [6.45, 7) is 31.5. The summed E-state index contributed by atoms with van der Waals surface area (Å²) in [5, 5.41) is 22.7. The molecule has 4 aliphatic carbocycles. The maximum atomic E-state index is 13.7. The summed E-state index contributed by atoms with van der Waals surface area (Å²) in [5.41, 5.74) is -0.315. The van der Waals surface area contributed by atoms with Crippen LogP contribution in [0.1, 0.15) is 145 Å². The van der Waals surface area contributed by atoms with Crippen LogP contribution in [0.2, 0.25) is 0 Å². The first kappa shape index (κ1) is 41.3. The molecule has 1 saturated heterocycles. The van der Waals surface area contributed by atoms with E-state index in [1.807, 2.05) is 18.5 Å². The maximum Gasteiger partial charge on any atom is 0.307 e. The average Bonchev–Trinajstić information content (AvgIpc) is 3.57. The van der Waals surface area contributed by atoms with E-state index >= 15 is 0 Å². The number of likely N-dealkylation sites (N-methyl/N-ethyl adjacent to an activating group) is 1. The molecule has 3 N–H and O–H groups in total. The minimum Gasteiger partial charge on any atom is -0.481 e. The van der Waals surface area contributed by atoms with Gasteiger partial charge in [0.05, 0.1) is 37.9 Å². The number of aliphatic carboxylic acids is 1. The van der Waals surface area contributed by atoms with Crippen molar-refractivity contribution in [3.05, 3.63) is 23.8 Å². The number of nitrogens with one attached hydrogen (secondary N) is 2. The molecular weight excluding hydrogens is 679 g/mol. The Morgan fingerprint density at radius 3 is 2.37 bits per heavy atom. The Hall–Kier alpha value is -2.30. The molecule has 10 heteroatoms. The number of rotatable bonds is 12. The summed E-state index contributed by atoms with van der Waals surface area (Å²) < 4.78 is 15.9. The molecule has 0 unspecified atom stereocenters. The van der Waals surface area contributed by atoms with Crippen molar-refractivity contribution in [2.45, 2.75) is 152 Å². The van der Waals surface area contributed by atoms with Gasteiger partial charge in [-0.15, -0.1) is 0 Å². The number of carboxylic acids is 1. The topological polar surface area (TPSA) is 128 Å². The van der Waals surface area contributed by atoms with Crippen molar-refractivity contribution < 1.29 is 24.2 Å². The van der Waals surface area contributed by atoms with Gasteiger partial charge in [-0.2, -0.15) is 5.10 Å². The number of carbonyl (C=O) groups excluding carboxylic acids is 1. The third-order valence-corrected chi connectivity index (χ3v) is 17.0. The van der Waals surface area contributed by atoms with E-state index in [0.717, 1.165) is 45.1 Å². The van der Waals surface area contributed by atoms with Gasteiger partial charge in [0.2, 0.25) is 5.82 Å².